The van der Waals surface area contributed by atoms with Crippen LogP contribution >= 0.6 is 0 Å². The molecule has 1 aromatic rings. The van der Waals surface area contributed by atoms with E-state index in [2.05, 4.69) is 0 Å². The molecule has 0 bridgehead atoms. The molecular weight excluding hydrogens is 680 g/mol. The zero-order chi connectivity index (χ0) is 32.0. The Morgan fingerprint density at radius 2 is 0.600 bits per heavy atom. The maximum atomic E-state index is 12.8. The smallest absolute Gasteiger partial charge is 0.202 e. The van der Waals surface area contributed by atoms with Crippen LogP contribution in [0.15, 0.2) is 24.3 Å². The van der Waals surface area contributed by atoms with Gasteiger partial charge in [-0.15, -0.1) is 0 Å². The van der Waals surface area contributed by atoms with E-state index in [1.807, 2.05) is 0 Å². The summed E-state index contributed by atoms with van der Waals surface area (Å²) in [5.74, 6) is 0. The number of hydrogen-bond donors (Lipinski definition) is 0. The number of halogens is 12. The van der Waals surface area contributed by atoms with Crippen molar-refractivity contribution in [3.63, 3.8) is 0 Å². The van der Waals surface area contributed by atoms with Gasteiger partial charge in [0.1, 0.15) is 0 Å². The van der Waals surface area contributed by atoms with E-state index in [1.165, 1.54) is 0 Å². The van der Waals surface area contributed by atoms with Gasteiger partial charge in [-0.1, -0.05) is 31.7 Å². The first-order chi connectivity index (χ1) is 17.4. The zero-order valence-electron chi connectivity index (χ0n) is 18.5. The van der Waals surface area contributed by atoms with Crippen molar-refractivity contribution in [2.24, 2.45) is 0 Å². The summed E-state index contributed by atoms with van der Waals surface area (Å²) in [4.78, 5) is 0. The van der Waals surface area contributed by atoms with Gasteiger partial charge >= 0.3 is 62.1 Å². The van der Waals surface area contributed by atoms with Gasteiger partial charge in [-0.25, -0.2) is 33.7 Å². The molecule has 0 spiro atoms. The fourth-order valence-electron chi connectivity index (χ4n) is 2.51. The average Bonchev–Trinajstić information content (AvgIpc) is 2.71. The van der Waals surface area contributed by atoms with E-state index >= 15 is 0 Å². The Bertz CT molecular complexity index is 1290. The van der Waals surface area contributed by atoms with E-state index in [0.29, 0.717) is 24.3 Å². The quantitative estimate of drug-likeness (QED) is 0.341. The first-order valence-corrected chi connectivity index (χ1v) is 15.1. The molecular formula is C14H12F12N2O8S4. The first-order valence-electron chi connectivity index (χ1n) is 9.31. The van der Waals surface area contributed by atoms with Crippen molar-refractivity contribution in [3.05, 3.63) is 35.4 Å². The highest BCUT2D eigenvalue weighted by atomic mass is 32.3. The third-order valence-corrected chi connectivity index (χ3v) is 12.0. The minimum atomic E-state index is -7.11. The standard InChI is InChI=1S/C14H12F12N2O8S4/c15-11(16,17)37(29,30)27(38(31,32)12(18,19)20)7-5-9-1-2-10(4-3-9)6-8-28(39(33,34)13(21,22)23)40(35,36)14(24,25)26/h1-4H,5-8H2. The van der Waals surface area contributed by atoms with Crippen molar-refractivity contribution in [2.45, 2.75) is 34.9 Å². The Kier molecular flexibility index (Phi) is 9.99. The predicted molar refractivity (Wildman–Crippen MR) is 107 cm³/mol. The van der Waals surface area contributed by atoms with Gasteiger partial charge in [0.25, 0.3) is 0 Å². The normalized spacial score (nSPS) is 15.2. The highest BCUT2D eigenvalue weighted by Gasteiger charge is 2.62. The second-order valence-electron chi connectivity index (χ2n) is 7.11. The maximum Gasteiger partial charge on any atom is 0.512 e. The van der Waals surface area contributed by atoms with Crippen LogP contribution in [-0.2, 0) is 52.9 Å². The number of nitrogens with zero attached hydrogens (tertiary/aromatic N) is 2. The van der Waals surface area contributed by atoms with E-state index in [-0.39, 0.29) is 0 Å². The molecule has 0 fully saturated rings. The number of hydrogen-bond acceptors (Lipinski definition) is 8. The van der Waals surface area contributed by atoms with E-state index in [9.17, 15) is 86.4 Å². The Hall–Kier alpha value is -1.90. The number of sulfonamides is 4. The topological polar surface area (TPSA) is 143 Å². The van der Waals surface area contributed by atoms with Crippen molar-refractivity contribution in [2.75, 3.05) is 13.1 Å². The van der Waals surface area contributed by atoms with E-state index in [1.54, 1.807) is 0 Å². The van der Waals surface area contributed by atoms with Crippen LogP contribution in [0.1, 0.15) is 11.1 Å². The van der Waals surface area contributed by atoms with Gasteiger partial charge in [-0.3, -0.25) is 0 Å². The molecule has 40 heavy (non-hydrogen) atoms. The molecule has 0 heterocycles. The van der Waals surface area contributed by atoms with Gasteiger partial charge < -0.3 is 0 Å². The number of rotatable bonds is 10. The molecule has 0 saturated carbocycles. The molecule has 0 aliphatic heterocycles. The summed E-state index contributed by atoms with van der Waals surface area (Å²) < 4.78 is 241. The number of benzene rings is 1. The minimum Gasteiger partial charge on any atom is -0.202 e. The maximum absolute atomic E-state index is 12.8. The molecule has 0 saturated heterocycles. The minimum absolute atomic E-state index is 0.425. The molecule has 26 heteroatoms. The predicted octanol–water partition coefficient (Wildman–Crippen LogP) is 2.77. The summed E-state index contributed by atoms with van der Waals surface area (Å²) in [5.41, 5.74) is -26.8. The molecule has 0 radical (unpaired) electrons. The molecule has 0 unspecified atom stereocenters. The van der Waals surface area contributed by atoms with Crippen LogP contribution in [0, 0.1) is 0 Å². The van der Waals surface area contributed by atoms with Gasteiger partial charge in [-0.2, -0.15) is 52.7 Å². The second-order valence-corrected chi connectivity index (χ2v) is 15.0. The Labute approximate surface area is 217 Å². The Morgan fingerprint density at radius 1 is 0.425 bits per heavy atom. The van der Waals surface area contributed by atoms with Gasteiger partial charge in [0.15, 0.2) is 0 Å². The third kappa shape index (κ3) is 7.29. The summed E-state index contributed by atoms with van der Waals surface area (Å²) in [6.07, 6.45) is -2.36. The average molecular weight is 693 g/mol. The summed E-state index contributed by atoms with van der Waals surface area (Å²) in [5, 5.41) is 0. The Balaban J connectivity index is 3.28. The molecule has 0 atom stereocenters. The van der Waals surface area contributed by atoms with Crippen LogP contribution < -0.4 is 0 Å². The molecule has 0 aliphatic rings. The molecule has 234 valence electrons. The van der Waals surface area contributed by atoms with E-state index in [4.69, 9.17) is 0 Å². The lowest BCUT2D eigenvalue weighted by molar-refractivity contribution is -0.0541. The second kappa shape index (κ2) is 11.1. The summed E-state index contributed by atoms with van der Waals surface area (Å²) in [7, 11) is -28.4. The lowest BCUT2D eigenvalue weighted by Gasteiger charge is -2.24. The van der Waals surface area contributed by atoms with Crippen LogP contribution in [0.4, 0.5) is 52.7 Å². The summed E-state index contributed by atoms with van der Waals surface area (Å²) >= 11 is 0. The van der Waals surface area contributed by atoms with Crippen LogP contribution in [0.5, 0.6) is 0 Å². The molecule has 10 nitrogen and oxygen atoms in total. The fraction of sp³-hybridized carbons (Fsp3) is 0.571. The van der Waals surface area contributed by atoms with Gasteiger partial charge in [0.05, 0.1) is 0 Å². The highest BCUT2D eigenvalue weighted by molar-refractivity contribution is 8.05. The largest absolute Gasteiger partial charge is 0.512 e. The van der Waals surface area contributed by atoms with Crippen molar-refractivity contribution in [3.8, 4) is 0 Å². The molecule has 1 rings (SSSR count). The van der Waals surface area contributed by atoms with E-state index in [0.717, 1.165) is 0 Å². The van der Waals surface area contributed by atoms with Crippen molar-refractivity contribution < 1.29 is 86.4 Å². The first kappa shape index (κ1) is 36.1. The van der Waals surface area contributed by atoms with Crippen LogP contribution in [0.3, 0.4) is 0 Å². The van der Waals surface area contributed by atoms with Crippen molar-refractivity contribution >= 4 is 40.1 Å². The molecule has 0 aromatic heterocycles. The molecule has 0 aliphatic carbocycles. The Morgan fingerprint density at radius 3 is 0.750 bits per heavy atom. The fourth-order valence-corrected chi connectivity index (χ4v) is 7.85. The molecule has 0 N–H and O–H groups in total. The molecule has 1 aromatic carbocycles. The van der Waals surface area contributed by atoms with Crippen LogP contribution in [0.25, 0.3) is 0 Å². The zero-order valence-corrected chi connectivity index (χ0v) is 21.7. The van der Waals surface area contributed by atoms with Gasteiger partial charge in [-0.05, 0) is 24.0 Å². The summed E-state index contributed by atoms with van der Waals surface area (Å²) in [6, 6.07) is 2.76. The third-order valence-electron chi connectivity index (χ3n) is 4.43. The van der Waals surface area contributed by atoms with Crippen molar-refractivity contribution in [1.82, 2.24) is 7.42 Å². The lowest BCUT2D eigenvalue weighted by Crippen LogP contribution is -2.49. The van der Waals surface area contributed by atoms with E-state index < -0.39 is 107 Å². The number of alkyl halides is 12. The lowest BCUT2D eigenvalue weighted by atomic mass is 10.1. The van der Waals surface area contributed by atoms with Crippen LogP contribution in [0.2, 0.25) is 0 Å². The monoisotopic (exact) mass is 692 g/mol. The molecule has 0 amide bonds. The summed E-state index contributed by atoms with van der Waals surface area (Å²) in [6.45, 7) is -3.94. The SMILES string of the molecule is O=S(=O)(N(CCc1ccc(CCN(S(=O)(=O)C(F)(F)F)S(=O)(=O)C(F)(F)F)cc1)S(=O)(=O)C(F)(F)F)C(F)(F)F. The van der Waals surface area contributed by atoms with Crippen molar-refractivity contribution in [1.29, 1.82) is 0 Å². The van der Waals surface area contributed by atoms with Crippen LogP contribution in [-0.4, -0.2) is 76.2 Å². The highest BCUT2D eigenvalue weighted by Crippen LogP contribution is 2.36. The van der Waals surface area contributed by atoms with Gasteiger partial charge in [0.2, 0.25) is 0 Å². The van der Waals surface area contributed by atoms with Gasteiger partial charge in [0, 0.05) is 13.1 Å².